The van der Waals surface area contributed by atoms with Gasteiger partial charge in [0.05, 0.1) is 0 Å². The molecule has 0 heterocycles. The quantitative estimate of drug-likeness (QED) is 0.874. The Morgan fingerprint density at radius 2 is 2.00 bits per heavy atom. The van der Waals surface area contributed by atoms with E-state index in [9.17, 15) is 14.7 Å². The minimum absolute atomic E-state index is 0.0468. The first-order chi connectivity index (χ1) is 10.1. The van der Waals surface area contributed by atoms with Crippen LogP contribution in [-0.4, -0.2) is 23.0 Å². The van der Waals surface area contributed by atoms with Gasteiger partial charge in [-0.2, -0.15) is 0 Å². The summed E-state index contributed by atoms with van der Waals surface area (Å²) >= 11 is 0. The number of nitrogens with one attached hydrogen (secondary N) is 1. The van der Waals surface area contributed by atoms with Gasteiger partial charge in [0, 0.05) is 5.92 Å². The number of carbonyl (C=O) groups excluding carboxylic acids is 1. The standard InChI is InChI=1S/C17H21NO3/c19-16(12-8-9-12)18-15(17(20)21)10-13-6-3-5-11-4-1-2-7-14(11)13/h1-2,4,7,12-13,15H,3,5-6,8-10H2,(H,18,19)(H,20,21). The molecule has 1 aromatic rings. The van der Waals surface area contributed by atoms with Gasteiger partial charge in [0.15, 0.2) is 0 Å². The Labute approximate surface area is 124 Å². The molecule has 0 aliphatic heterocycles. The predicted octanol–water partition coefficient (Wildman–Crippen LogP) is 2.48. The molecule has 1 fully saturated rings. The summed E-state index contributed by atoms with van der Waals surface area (Å²) in [4.78, 5) is 23.3. The van der Waals surface area contributed by atoms with E-state index in [1.165, 1.54) is 11.1 Å². The summed E-state index contributed by atoms with van der Waals surface area (Å²) in [5.74, 6) is -0.736. The van der Waals surface area contributed by atoms with Crippen molar-refractivity contribution in [3.8, 4) is 0 Å². The molecule has 1 aromatic carbocycles. The molecule has 0 spiro atoms. The summed E-state index contributed by atoms with van der Waals surface area (Å²) in [7, 11) is 0. The Kier molecular flexibility index (Phi) is 3.95. The highest BCUT2D eigenvalue weighted by molar-refractivity contribution is 5.86. The molecule has 2 atom stereocenters. The molecule has 0 saturated heterocycles. The van der Waals surface area contributed by atoms with Gasteiger partial charge in [-0.25, -0.2) is 4.79 Å². The zero-order chi connectivity index (χ0) is 14.8. The number of rotatable bonds is 5. The molecule has 0 radical (unpaired) electrons. The number of aliphatic carboxylic acids is 1. The molecule has 2 N–H and O–H groups in total. The molecule has 1 amide bonds. The molecule has 4 heteroatoms. The van der Waals surface area contributed by atoms with E-state index in [-0.39, 0.29) is 17.7 Å². The molecule has 3 rings (SSSR count). The van der Waals surface area contributed by atoms with Crippen LogP contribution in [0.3, 0.4) is 0 Å². The van der Waals surface area contributed by atoms with Gasteiger partial charge >= 0.3 is 5.97 Å². The van der Waals surface area contributed by atoms with Crippen molar-refractivity contribution in [1.82, 2.24) is 5.32 Å². The van der Waals surface area contributed by atoms with Gasteiger partial charge in [-0.15, -0.1) is 0 Å². The van der Waals surface area contributed by atoms with Gasteiger partial charge < -0.3 is 10.4 Å². The van der Waals surface area contributed by atoms with E-state index in [4.69, 9.17) is 0 Å². The molecule has 1 saturated carbocycles. The number of benzene rings is 1. The van der Waals surface area contributed by atoms with E-state index in [1.807, 2.05) is 12.1 Å². The first-order valence-corrected chi connectivity index (χ1v) is 7.76. The van der Waals surface area contributed by atoms with Crippen LogP contribution >= 0.6 is 0 Å². The number of carboxylic acids is 1. The summed E-state index contributed by atoms with van der Waals surface area (Å²) in [6, 6.07) is 7.50. The molecule has 2 aliphatic rings. The van der Waals surface area contributed by atoms with Crippen LogP contribution in [-0.2, 0) is 16.0 Å². The summed E-state index contributed by atoms with van der Waals surface area (Å²) in [6.45, 7) is 0. The van der Waals surface area contributed by atoms with E-state index in [1.54, 1.807) is 0 Å². The number of hydrogen-bond donors (Lipinski definition) is 2. The Hall–Kier alpha value is -1.84. The van der Waals surface area contributed by atoms with Crippen LogP contribution in [0.4, 0.5) is 0 Å². The Morgan fingerprint density at radius 1 is 1.24 bits per heavy atom. The molecule has 4 nitrogen and oxygen atoms in total. The van der Waals surface area contributed by atoms with Crippen LogP contribution < -0.4 is 5.32 Å². The monoisotopic (exact) mass is 287 g/mol. The van der Waals surface area contributed by atoms with Crippen molar-refractivity contribution in [1.29, 1.82) is 0 Å². The summed E-state index contributed by atoms with van der Waals surface area (Å²) in [6.07, 6.45) is 5.43. The third-order valence-corrected chi connectivity index (χ3v) is 4.58. The molecule has 0 aromatic heterocycles. The molecule has 0 bridgehead atoms. The Balaban J connectivity index is 1.71. The van der Waals surface area contributed by atoms with Crippen LogP contribution in [0.15, 0.2) is 24.3 Å². The van der Waals surface area contributed by atoms with Crippen LogP contribution in [0.25, 0.3) is 0 Å². The number of aryl methyl sites for hydroxylation is 1. The second kappa shape index (κ2) is 5.88. The minimum atomic E-state index is -0.924. The lowest BCUT2D eigenvalue weighted by Gasteiger charge is -2.28. The number of carbonyl (C=O) groups is 2. The fraction of sp³-hybridized carbons (Fsp3) is 0.529. The summed E-state index contributed by atoms with van der Waals surface area (Å²) in [5.41, 5.74) is 2.59. The molecule has 21 heavy (non-hydrogen) atoms. The van der Waals surface area contributed by atoms with Crippen LogP contribution in [0.1, 0.15) is 49.1 Å². The fourth-order valence-corrected chi connectivity index (χ4v) is 3.24. The zero-order valence-corrected chi connectivity index (χ0v) is 12.0. The highest BCUT2D eigenvalue weighted by atomic mass is 16.4. The van der Waals surface area contributed by atoms with Crippen molar-refractivity contribution in [2.75, 3.05) is 0 Å². The number of fused-ring (bicyclic) bond motifs is 1. The highest BCUT2D eigenvalue weighted by Gasteiger charge is 2.34. The van der Waals surface area contributed by atoms with Crippen molar-refractivity contribution >= 4 is 11.9 Å². The van der Waals surface area contributed by atoms with Crippen molar-refractivity contribution in [3.05, 3.63) is 35.4 Å². The first kappa shape index (κ1) is 14.1. The second-order valence-corrected chi connectivity index (χ2v) is 6.20. The fourth-order valence-electron chi connectivity index (χ4n) is 3.24. The first-order valence-electron chi connectivity index (χ1n) is 7.76. The maximum atomic E-state index is 11.8. The topological polar surface area (TPSA) is 66.4 Å². The Morgan fingerprint density at radius 3 is 2.71 bits per heavy atom. The SMILES string of the molecule is O=C(NC(CC1CCCc2ccccc21)C(=O)O)C1CC1. The lowest BCUT2D eigenvalue weighted by molar-refractivity contribution is -0.142. The van der Waals surface area contributed by atoms with Crippen LogP contribution in [0, 0.1) is 5.92 Å². The zero-order valence-electron chi connectivity index (χ0n) is 12.0. The molecular weight excluding hydrogens is 266 g/mol. The maximum Gasteiger partial charge on any atom is 0.326 e. The van der Waals surface area contributed by atoms with E-state index < -0.39 is 12.0 Å². The van der Waals surface area contributed by atoms with Crippen molar-refractivity contribution in [2.45, 2.75) is 50.5 Å². The summed E-state index contributed by atoms with van der Waals surface area (Å²) < 4.78 is 0. The van der Waals surface area contributed by atoms with Crippen molar-refractivity contribution in [3.63, 3.8) is 0 Å². The lowest BCUT2D eigenvalue weighted by atomic mass is 9.79. The third kappa shape index (κ3) is 3.26. The number of hydrogen-bond acceptors (Lipinski definition) is 2. The van der Waals surface area contributed by atoms with E-state index in [2.05, 4.69) is 17.4 Å². The van der Waals surface area contributed by atoms with Crippen LogP contribution in [0.5, 0.6) is 0 Å². The van der Waals surface area contributed by atoms with E-state index >= 15 is 0 Å². The molecule has 2 aliphatic carbocycles. The van der Waals surface area contributed by atoms with Gasteiger partial charge in [0.1, 0.15) is 6.04 Å². The van der Waals surface area contributed by atoms with Gasteiger partial charge in [-0.3, -0.25) is 4.79 Å². The van der Waals surface area contributed by atoms with Crippen molar-refractivity contribution in [2.24, 2.45) is 5.92 Å². The lowest BCUT2D eigenvalue weighted by Crippen LogP contribution is -2.42. The maximum absolute atomic E-state index is 11.8. The molecule has 2 unspecified atom stereocenters. The largest absolute Gasteiger partial charge is 0.480 e. The average molecular weight is 287 g/mol. The molecule has 112 valence electrons. The third-order valence-electron chi connectivity index (χ3n) is 4.58. The van der Waals surface area contributed by atoms with Crippen LogP contribution in [0.2, 0.25) is 0 Å². The van der Waals surface area contributed by atoms with E-state index in [0.29, 0.717) is 6.42 Å². The average Bonchev–Trinajstić information content (AvgIpc) is 3.31. The summed E-state index contributed by atoms with van der Waals surface area (Å²) in [5, 5.41) is 12.1. The highest BCUT2D eigenvalue weighted by Crippen LogP contribution is 2.35. The number of carboxylic acid groups (broad SMARTS) is 1. The van der Waals surface area contributed by atoms with Gasteiger partial charge in [0.2, 0.25) is 5.91 Å². The second-order valence-electron chi connectivity index (χ2n) is 6.20. The van der Waals surface area contributed by atoms with Gasteiger partial charge in [-0.05, 0) is 55.6 Å². The number of amides is 1. The predicted molar refractivity (Wildman–Crippen MR) is 79.0 cm³/mol. The molecular formula is C17H21NO3. The smallest absolute Gasteiger partial charge is 0.326 e. The normalized spacial score (nSPS) is 22.2. The van der Waals surface area contributed by atoms with Crippen molar-refractivity contribution < 1.29 is 14.7 Å². The van der Waals surface area contributed by atoms with Gasteiger partial charge in [0.25, 0.3) is 0 Å². The Bertz CT molecular complexity index is 551. The van der Waals surface area contributed by atoms with Gasteiger partial charge in [-0.1, -0.05) is 24.3 Å². The minimum Gasteiger partial charge on any atom is -0.480 e. The van der Waals surface area contributed by atoms with E-state index in [0.717, 1.165) is 32.1 Å².